The van der Waals surface area contributed by atoms with E-state index in [0.717, 1.165) is 23.5 Å². The molecule has 1 amide bonds. The summed E-state index contributed by atoms with van der Waals surface area (Å²) in [5, 5.41) is 6.00. The number of carbonyl (C=O) groups excluding carboxylic acids is 1. The van der Waals surface area contributed by atoms with E-state index in [4.69, 9.17) is 0 Å². The van der Waals surface area contributed by atoms with Gasteiger partial charge in [-0.05, 0) is 43.8 Å². The van der Waals surface area contributed by atoms with Gasteiger partial charge in [-0.3, -0.25) is 4.79 Å². The Labute approximate surface area is 113 Å². The number of aromatic nitrogens is 1. The lowest BCUT2D eigenvalue weighted by molar-refractivity contribution is -0.116. The number of hydrogen-bond donors (Lipinski definition) is 2. The van der Waals surface area contributed by atoms with Crippen LogP contribution < -0.4 is 10.6 Å². The predicted octanol–water partition coefficient (Wildman–Crippen LogP) is 2.15. The first-order valence-electron chi connectivity index (χ1n) is 6.34. The third kappa shape index (κ3) is 3.69. The quantitative estimate of drug-likeness (QED) is 0.862. The second kappa shape index (κ2) is 6.20. The summed E-state index contributed by atoms with van der Waals surface area (Å²) in [7, 11) is 1.89. The summed E-state index contributed by atoms with van der Waals surface area (Å²) >= 11 is 0. The van der Waals surface area contributed by atoms with E-state index in [-0.39, 0.29) is 5.91 Å². The number of anilines is 1. The van der Waals surface area contributed by atoms with Crippen LogP contribution in [0.1, 0.15) is 11.3 Å². The molecule has 0 radical (unpaired) electrons. The molecule has 2 rings (SSSR count). The number of nitrogens with one attached hydrogen (secondary N) is 2. The summed E-state index contributed by atoms with van der Waals surface area (Å²) in [4.78, 5) is 12.0. The lowest BCUT2D eigenvalue weighted by atomic mass is 10.2. The Morgan fingerprint density at radius 2 is 2.11 bits per heavy atom. The Kier molecular flexibility index (Phi) is 4.36. The Bertz CT molecular complexity index is 560. The molecule has 1 aromatic heterocycles. The fourth-order valence-electron chi connectivity index (χ4n) is 2.02. The first-order valence-corrected chi connectivity index (χ1v) is 6.34. The molecule has 2 aromatic rings. The van der Waals surface area contributed by atoms with Crippen LogP contribution >= 0.6 is 0 Å². The minimum atomic E-state index is -0.0147. The van der Waals surface area contributed by atoms with Gasteiger partial charge >= 0.3 is 0 Å². The summed E-state index contributed by atoms with van der Waals surface area (Å²) in [5.41, 5.74) is 3.07. The molecular formula is C15H19N3O. The van der Waals surface area contributed by atoms with E-state index in [2.05, 4.69) is 10.6 Å². The molecule has 0 saturated heterocycles. The van der Waals surface area contributed by atoms with Gasteiger partial charge in [0.25, 0.3) is 0 Å². The standard InChI is InChI=1S/C15H19N3O/c1-12-5-3-6-13(9-12)17-15(19)11-18-8-4-7-14(18)10-16-2/h3-9,16H,10-11H2,1-2H3,(H,17,19). The number of aryl methyl sites for hydroxylation is 1. The molecule has 0 spiro atoms. The van der Waals surface area contributed by atoms with Crippen molar-refractivity contribution in [3.05, 3.63) is 53.9 Å². The zero-order chi connectivity index (χ0) is 13.7. The minimum absolute atomic E-state index is 0.0147. The Balaban J connectivity index is 1.99. The monoisotopic (exact) mass is 257 g/mol. The van der Waals surface area contributed by atoms with E-state index in [0.29, 0.717) is 6.54 Å². The average molecular weight is 257 g/mol. The van der Waals surface area contributed by atoms with Crippen molar-refractivity contribution in [3.8, 4) is 0 Å². The van der Waals surface area contributed by atoms with E-state index in [1.807, 2.05) is 61.1 Å². The van der Waals surface area contributed by atoms with Crippen LogP contribution in [0, 0.1) is 6.92 Å². The molecular weight excluding hydrogens is 238 g/mol. The molecule has 4 nitrogen and oxygen atoms in total. The normalized spacial score (nSPS) is 10.4. The summed E-state index contributed by atoms with van der Waals surface area (Å²) in [6.45, 7) is 3.09. The van der Waals surface area contributed by atoms with Crippen molar-refractivity contribution in [3.63, 3.8) is 0 Å². The lowest BCUT2D eigenvalue weighted by Gasteiger charge is -2.10. The van der Waals surface area contributed by atoms with Gasteiger partial charge in [-0.25, -0.2) is 0 Å². The fraction of sp³-hybridized carbons (Fsp3) is 0.267. The minimum Gasteiger partial charge on any atom is -0.341 e. The second-order valence-electron chi connectivity index (χ2n) is 4.58. The maximum atomic E-state index is 12.0. The van der Waals surface area contributed by atoms with Gasteiger partial charge in [-0.1, -0.05) is 12.1 Å². The largest absolute Gasteiger partial charge is 0.341 e. The molecule has 1 heterocycles. The molecule has 0 aliphatic carbocycles. The predicted molar refractivity (Wildman–Crippen MR) is 77.0 cm³/mol. The number of carbonyl (C=O) groups is 1. The first kappa shape index (κ1) is 13.4. The third-order valence-electron chi connectivity index (χ3n) is 2.90. The first-order chi connectivity index (χ1) is 9.19. The van der Waals surface area contributed by atoms with Crippen molar-refractivity contribution < 1.29 is 4.79 Å². The van der Waals surface area contributed by atoms with Crippen LogP contribution in [0.25, 0.3) is 0 Å². The van der Waals surface area contributed by atoms with Crippen molar-refractivity contribution in [2.45, 2.75) is 20.0 Å². The molecule has 0 aliphatic heterocycles. The zero-order valence-electron chi connectivity index (χ0n) is 11.3. The Hall–Kier alpha value is -2.07. The molecule has 0 bridgehead atoms. The van der Waals surface area contributed by atoms with Gasteiger partial charge in [0.1, 0.15) is 6.54 Å². The van der Waals surface area contributed by atoms with E-state index in [9.17, 15) is 4.79 Å². The number of amides is 1. The molecule has 0 atom stereocenters. The number of rotatable bonds is 5. The molecule has 0 fully saturated rings. The molecule has 19 heavy (non-hydrogen) atoms. The number of benzene rings is 1. The van der Waals surface area contributed by atoms with Crippen molar-refractivity contribution >= 4 is 11.6 Å². The van der Waals surface area contributed by atoms with Crippen molar-refractivity contribution in [1.29, 1.82) is 0 Å². The van der Waals surface area contributed by atoms with E-state index in [1.165, 1.54) is 0 Å². The van der Waals surface area contributed by atoms with Crippen LogP contribution in [-0.4, -0.2) is 17.5 Å². The van der Waals surface area contributed by atoms with Gasteiger partial charge < -0.3 is 15.2 Å². The molecule has 100 valence electrons. The highest BCUT2D eigenvalue weighted by Crippen LogP contribution is 2.10. The van der Waals surface area contributed by atoms with Gasteiger partial charge in [0.15, 0.2) is 0 Å². The van der Waals surface area contributed by atoms with Crippen molar-refractivity contribution in [2.24, 2.45) is 0 Å². The lowest BCUT2D eigenvalue weighted by Crippen LogP contribution is -2.21. The van der Waals surface area contributed by atoms with Crippen LogP contribution in [0.3, 0.4) is 0 Å². The van der Waals surface area contributed by atoms with Crippen LogP contribution in [0.5, 0.6) is 0 Å². The maximum Gasteiger partial charge on any atom is 0.244 e. The van der Waals surface area contributed by atoms with E-state index < -0.39 is 0 Å². The molecule has 1 aromatic carbocycles. The fourth-order valence-corrected chi connectivity index (χ4v) is 2.02. The number of nitrogens with zero attached hydrogens (tertiary/aromatic N) is 1. The maximum absolute atomic E-state index is 12.0. The summed E-state index contributed by atoms with van der Waals surface area (Å²) in [6.07, 6.45) is 1.92. The van der Waals surface area contributed by atoms with Crippen molar-refractivity contribution in [1.82, 2.24) is 9.88 Å². The third-order valence-corrected chi connectivity index (χ3v) is 2.90. The summed E-state index contributed by atoms with van der Waals surface area (Å²) < 4.78 is 1.95. The van der Waals surface area contributed by atoms with Gasteiger partial charge in [-0.15, -0.1) is 0 Å². The van der Waals surface area contributed by atoms with Crippen LogP contribution in [0.2, 0.25) is 0 Å². The Morgan fingerprint density at radius 1 is 1.26 bits per heavy atom. The van der Waals surface area contributed by atoms with Gasteiger partial charge in [-0.2, -0.15) is 0 Å². The molecule has 0 saturated carbocycles. The van der Waals surface area contributed by atoms with Crippen LogP contribution in [0.4, 0.5) is 5.69 Å². The summed E-state index contributed by atoms with van der Waals surface area (Å²) in [5.74, 6) is -0.0147. The van der Waals surface area contributed by atoms with Crippen molar-refractivity contribution in [2.75, 3.05) is 12.4 Å². The highest BCUT2D eigenvalue weighted by Gasteiger charge is 2.06. The van der Waals surface area contributed by atoms with Crippen LogP contribution in [0.15, 0.2) is 42.6 Å². The molecule has 2 N–H and O–H groups in total. The summed E-state index contributed by atoms with van der Waals surface area (Å²) in [6, 6.07) is 11.8. The van der Waals surface area contributed by atoms with Crippen LogP contribution in [-0.2, 0) is 17.9 Å². The SMILES string of the molecule is CNCc1cccn1CC(=O)Nc1cccc(C)c1. The second-order valence-corrected chi connectivity index (χ2v) is 4.58. The highest BCUT2D eigenvalue weighted by molar-refractivity contribution is 5.90. The van der Waals surface area contributed by atoms with Gasteiger partial charge in [0, 0.05) is 24.1 Å². The van der Waals surface area contributed by atoms with E-state index in [1.54, 1.807) is 0 Å². The molecule has 0 aliphatic rings. The average Bonchev–Trinajstić information content (AvgIpc) is 2.77. The highest BCUT2D eigenvalue weighted by atomic mass is 16.1. The Morgan fingerprint density at radius 3 is 2.84 bits per heavy atom. The smallest absolute Gasteiger partial charge is 0.244 e. The topological polar surface area (TPSA) is 46.1 Å². The molecule has 0 unspecified atom stereocenters. The van der Waals surface area contributed by atoms with Gasteiger partial charge in [0.2, 0.25) is 5.91 Å². The molecule has 4 heteroatoms. The number of hydrogen-bond acceptors (Lipinski definition) is 2. The van der Waals surface area contributed by atoms with E-state index >= 15 is 0 Å². The van der Waals surface area contributed by atoms with Gasteiger partial charge in [0.05, 0.1) is 0 Å². The zero-order valence-corrected chi connectivity index (χ0v) is 11.3.